The molecule has 0 bridgehead atoms. The second-order valence-corrected chi connectivity index (χ2v) is 6.65. The Morgan fingerprint density at radius 1 is 0.966 bits per heavy atom. The molecule has 0 heterocycles. The second kappa shape index (κ2) is 9.43. The number of amides is 2. The number of ether oxygens (including phenoxy) is 1. The highest BCUT2D eigenvalue weighted by atomic mass is 16.5. The van der Waals surface area contributed by atoms with Crippen LogP contribution in [-0.2, 0) is 4.79 Å². The molecule has 0 unspecified atom stereocenters. The van der Waals surface area contributed by atoms with Gasteiger partial charge in [0, 0.05) is 25.2 Å². The van der Waals surface area contributed by atoms with E-state index in [0.717, 1.165) is 16.3 Å². The van der Waals surface area contributed by atoms with Crippen molar-refractivity contribution in [3.63, 3.8) is 0 Å². The van der Waals surface area contributed by atoms with Gasteiger partial charge in [-0.05, 0) is 47.2 Å². The van der Waals surface area contributed by atoms with Gasteiger partial charge in [-0.1, -0.05) is 42.2 Å². The maximum absolute atomic E-state index is 11.9. The monoisotopic (exact) mass is 386 g/mol. The Morgan fingerprint density at radius 3 is 2.41 bits per heavy atom. The molecular weight excluding hydrogens is 364 g/mol. The molecule has 3 rings (SSSR count). The predicted octanol–water partition coefficient (Wildman–Crippen LogP) is 3.09. The molecule has 0 aliphatic carbocycles. The van der Waals surface area contributed by atoms with Gasteiger partial charge < -0.3 is 15.0 Å². The number of carbonyl (C=O) groups is 2. The normalized spacial score (nSPS) is 10.0. The largest absolute Gasteiger partial charge is 0.484 e. The molecular formula is C24H22N2O3. The van der Waals surface area contributed by atoms with Crippen LogP contribution in [0.4, 0.5) is 0 Å². The number of nitrogens with one attached hydrogen (secondary N) is 1. The maximum Gasteiger partial charge on any atom is 0.258 e. The van der Waals surface area contributed by atoms with E-state index in [4.69, 9.17) is 4.74 Å². The van der Waals surface area contributed by atoms with Gasteiger partial charge in [-0.3, -0.25) is 9.59 Å². The topological polar surface area (TPSA) is 58.6 Å². The van der Waals surface area contributed by atoms with Crippen LogP contribution in [0.5, 0.6) is 5.75 Å². The van der Waals surface area contributed by atoms with E-state index >= 15 is 0 Å². The lowest BCUT2D eigenvalue weighted by molar-refractivity contribution is -0.122. The highest BCUT2D eigenvalue weighted by molar-refractivity contribution is 5.94. The molecule has 0 spiro atoms. The summed E-state index contributed by atoms with van der Waals surface area (Å²) in [6.07, 6.45) is 0. The van der Waals surface area contributed by atoms with Gasteiger partial charge in [-0.2, -0.15) is 0 Å². The van der Waals surface area contributed by atoms with Crippen LogP contribution in [0, 0.1) is 11.8 Å². The number of hydrogen-bond acceptors (Lipinski definition) is 3. The van der Waals surface area contributed by atoms with Crippen molar-refractivity contribution in [2.45, 2.75) is 0 Å². The summed E-state index contributed by atoms with van der Waals surface area (Å²) < 4.78 is 5.55. The Balaban J connectivity index is 1.45. The summed E-state index contributed by atoms with van der Waals surface area (Å²) in [6.45, 7) is 0.152. The van der Waals surface area contributed by atoms with Crippen molar-refractivity contribution >= 4 is 22.6 Å². The molecule has 3 aromatic carbocycles. The van der Waals surface area contributed by atoms with Crippen LogP contribution in [0.15, 0.2) is 66.7 Å². The number of hydrogen-bond donors (Lipinski definition) is 1. The van der Waals surface area contributed by atoms with Crippen molar-refractivity contribution in [3.8, 4) is 17.6 Å². The summed E-state index contributed by atoms with van der Waals surface area (Å²) in [5.74, 6) is 6.21. The molecule has 146 valence electrons. The van der Waals surface area contributed by atoms with Crippen LogP contribution >= 0.6 is 0 Å². The molecule has 5 heteroatoms. The lowest BCUT2D eigenvalue weighted by atomic mass is 10.1. The Labute approximate surface area is 170 Å². The summed E-state index contributed by atoms with van der Waals surface area (Å²) >= 11 is 0. The fraction of sp³-hybridized carbons (Fsp3) is 0.167. The lowest BCUT2D eigenvalue weighted by Crippen LogP contribution is -2.29. The third-order valence-corrected chi connectivity index (χ3v) is 4.24. The van der Waals surface area contributed by atoms with Crippen molar-refractivity contribution in [2.75, 3.05) is 27.2 Å². The summed E-state index contributed by atoms with van der Waals surface area (Å²) in [5, 5.41) is 4.89. The van der Waals surface area contributed by atoms with Crippen LogP contribution in [0.2, 0.25) is 0 Å². The molecule has 0 atom stereocenters. The van der Waals surface area contributed by atoms with Gasteiger partial charge in [0.2, 0.25) is 0 Å². The second-order valence-electron chi connectivity index (χ2n) is 6.65. The standard InChI is InChI=1S/C24H22N2O3/c1-26(2)24(28)20-11-9-18(10-12-20)6-5-15-25-23(27)17-29-22-14-13-19-7-3-4-8-21(19)16-22/h3-4,7-14,16H,15,17H2,1-2H3,(H,25,27). The SMILES string of the molecule is CN(C)C(=O)c1ccc(C#CCNC(=O)COc2ccc3ccccc3c2)cc1. The zero-order valence-electron chi connectivity index (χ0n) is 16.4. The molecule has 0 radical (unpaired) electrons. The number of carbonyl (C=O) groups excluding carboxylic acids is 2. The summed E-state index contributed by atoms with van der Waals surface area (Å²) in [7, 11) is 3.42. The molecule has 0 fully saturated rings. The van der Waals surface area contributed by atoms with Crippen LogP contribution in [0.3, 0.4) is 0 Å². The Morgan fingerprint density at radius 2 is 1.69 bits per heavy atom. The van der Waals surface area contributed by atoms with E-state index in [1.807, 2.05) is 42.5 Å². The number of fused-ring (bicyclic) bond motifs is 1. The van der Waals surface area contributed by atoms with Crippen LogP contribution in [-0.4, -0.2) is 44.0 Å². The number of nitrogens with zero attached hydrogens (tertiary/aromatic N) is 1. The molecule has 1 N–H and O–H groups in total. The van der Waals surface area contributed by atoms with Gasteiger partial charge in [0.15, 0.2) is 6.61 Å². The van der Waals surface area contributed by atoms with Crippen molar-refractivity contribution in [1.82, 2.24) is 10.2 Å². The van der Waals surface area contributed by atoms with E-state index in [9.17, 15) is 9.59 Å². The van der Waals surface area contributed by atoms with Crippen molar-refractivity contribution < 1.29 is 14.3 Å². The van der Waals surface area contributed by atoms with E-state index in [2.05, 4.69) is 17.2 Å². The first kappa shape index (κ1) is 20.0. The molecule has 0 aliphatic heterocycles. The third kappa shape index (κ3) is 5.60. The molecule has 0 saturated carbocycles. The zero-order chi connectivity index (χ0) is 20.6. The minimum absolute atomic E-state index is 0.0526. The number of benzene rings is 3. The van der Waals surface area contributed by atoms with Crippen LogP contribution in [0.25, 0.3) is 10.8 Å². The van der Waals surface area contributed by atoms with Gasteiger partial charge in [0.1, 0.15) is 5.75 Å². The predicted molar refractivity (Wildman–Crippen MR) is 114 cm³/mol. The molecule has 0 aliphatic rings. The van der Waals surface area contributed by atoms with Crippen LogP contribution < -0.4 is 10.1 Å². The molecule has 29 heavy (non-hydrogen) atoms. The first-order valence-corrected chi connectivity index (χ1v) is 9.22. The summed E-state index contributed by atoms with van der Waals surface area (Å²) in [4.78, 5) is 25.3. The van der Waals surface area contributed by atoms with Crippen molar-refractivity contribution in [2.24, 2.45) is 0 Å². The van der Waals surface area contributed by atoms with Gasteiger partial charge in [0.25, 0.3) is 11.8 Å². The van der Waals surface area contributed by atoms with Crippen LogP contribution in [0.1, 0.15) is 15.9 Å². The quantitative estimate of drug-likeness (QED) is 0.686. The summed E-state index contributed by atoms with van der Waals surface area (Å²) in [5.41, 5.74) is 1.39. The van der Waals surface area contributed by atoms with Gasteiger partial charge in [0.05, 0.1) is 6.54 Å². The molecule has 2 amide bonds. The van der Waals surface area contributed by atoms with E-state index < -0.39 is 0 Å². The van der Waals surface area contributed by atoms with Crippen molar-refractivity contribution in [3.05, 3.63) is 77.9 Å². The molecule has 0 saturated heterocycles. The number of rotatable bonds is 5. The third-order valence-electron chi connectivity index (χ3n) is 4.24. The average Bonchev–Trinajstić information content (AvgIpc) is 2.75. The highest BCUT2D eigenvalue weighted by Gasteiger charge is 2.06. The van der Waals surface area contributed by atoms with Gasteiger partial charge >= 0.3 is 0 Å². The van der Waals surface area contributed by atoms with Gasteiger partial charge in [-0.25, -0.2) is 0 Å². The van der Waals surface area contributed by atoms with E-state index in [1.54, 1.807) is 38.4 Å². The minimum Gasteiger partial charge on any atom is -0.484 e. The molecule has 5 nitrogen and oxygen atoms in total. The summed E-state index contributed by atoms with van der Waals surface area (Å²) in [6, 6.07) is 20.7. The fourth-order valence-electron chi connectivity index (χ4n) is 2.70. The Kier molecular flexibility index (Phi) is 6.49. The first-order chi connectivity index (χ1) is 14.0. The fourth-order valence-corrected chi connectivity index (χ4v) is 2.70. The van der Waals surface area contributed by atoms with E-state index in [0.29, 0.717) is 11.3 Å². The molecule has 3 aromatic rings. The smallest absolute Gasteiger partial charge is 0.258 e. The zero-order valence-corrected chi connectivity index (χ0v) is 16.4. The molecule has 0 aromatic heterocycles. The van der Waals surface area contributed by atoms with E-state index in [1.165, 1.54) is 4.90 Å². The van der Waals surface area contributed by atoms with Gasteiger partial charge in [-0.15, -0.1) is 0 Å². The Hall–Kier alpha value is -3.78. The van der Waals surface area contributed by atoms with Crippen molar-refractivity contribution in [1.29, 1.82) is 0 Å². The average molecular weight is 386 g/mol. The Bertz CT molecular complexity index is 1080. The highest BCUT2D eigenvalue weighted by Crippen LogP contribution is 2.20. The lowest BCUT2D eigenvalue weighted by Gasteiger charge is -2.09. The first-order valence-electron chi connectivity index (χ1n) is 9.22. The maximum atomic E-state index is 11.9. The minimum atomic E-state index is -0.237. The van der Waals surface area contributed by atoms with E-state index in [-0.39, 0.29) is 25.0 Å².